The number of hydrogen-bond donors (Lipinski definition) is 3. The van der Waals surface area contributed by atoms with E-state index in [1.54, 1.807) is 0 Å². The summed E-state index contributed by atoms with van der Waals surface area (Å²) in [6, 6.07) is -0.661. The maximum atomic E-state index is 11.7. The number of urea groups is 1. The van der Waals surface area contributed by atoms with Gasteiger partial charge < -0.3 is 15.7 Å². The number of hydrogen-bond acceptors (Lipinski definition) is 4. The van der Waals surface area contributed by atoms with Crippen LogP contribution in [0.5, 0.6) is 0 Å². The van der Waals surface area contributed by atoms with Crippen molar-refractivity contribution in [3.05, 3.63) is 12.2 Å². The summed E-state index contributed by atoms with van der Waals surface area (Å²) in [6.07, 6.45) is 2.62. The van der Waals surface area contributed by atoms with Gasteiger partial charge in [0.25, 0.3) is 5.91 Å². The third kappa shape index (κ3) is 4.78. The molecule has 1 aliphatic heterocycles. The number of nitrogens with zero attached hydrogens (tertiary/aromatic N) is 1. The van der Waals surface area contributed by atoms with Gasteiger partial charge >= 0.3 is 12.0 Å². The molecule has 0 aliphatic carbocycles. The first-order valence-corrected chi connectivity index (χ1v) is 5.70. The van der Waals surface area contributed by atoms with Crippen LogP contribution in [0, 0.1) is 5.92 Å². The van der Waals surface area contributed by atoms with E-state index in [4.69, 9.17) is 10.8 Å². The van der Waals surface area contributed by atoms with Crippen LogP contribution in [0.2, 0.25) is 0 Å². The average Bonchev–Trinajstić information content (AvgIpc) is 2.36. The van der Waals surface area contributed by atoms with Gasteiger partial charge in [-0.15, -0.1) is 0 Å². The summed E-state index contributed by atoms with van der Waals surface area (Å²) in [5.41, 5.74) is 5.17. The van der Waals surface area contributed by atoms with Gasteiger partial charge in [0, 0.05) is 25.2 Å². The first kappa shape index (κ1) is 14.7. The normalized spacial score (nSPS) is 19.2. The van der Waals surface area contributed by atoms with Crippen molar-refractivity contribution >= 4 is 23.8 Å². The monoisotopic (exact) mass is 269 g/mol. The van der Waals surface area contributed by atoms with Gasteiger partial charge in [0.05, 0.1) is 5.92 Å². The van der Waals surface area contributed by atoms with E-state index in [2.05, 4.69) is 0 Å². The zero-order valence-electron chi connectivity index (χ0n) is 10.2. The summed E-state index contributed by atoms with van der Waals surface area (Å²) in [7, 11) is 0. The zero-order chi connectivity index (χ0) is 14.4. The molecule has 4 amide bonds. The molecule has 1 atom stereocenters. The third-order valence-electron chi connectivity index (χ3n) is 2.72. The molecule has 0 aromatic rings. The SMILES string of the molecule is NC(=O)C1CCCN(C(=O)NC(=O)/C=C/C(=O)O)C1. The van der Waals surface area contributed by atoms with E-state index in [1.165, 1.54) is 4.90 Å². The number of nitrogens with one attached hydrogen (secondary N) is 1. The number of piperidine rings is 1. The number of imide groups is 1. The first-order chi connectivity index (χ1) is 8.90. The molecule has 1 aliphatic rings. The Morgan fingerprint density at radius 1 is 1.26 bits per heavy atom. The highest BCUT2D eigenvalue weighted by molar-refractivity contribution is 6.02. The predicted molar refractivity (Wildman–Crippen MR) is 63.8 cm³/mol. The molecule has 8 nitrogen and oxygen atoms in total. The lowest BCUT2D eigenvalue weighted by Crippen LogP contribution is -2.49. The van der Waals surface area contributed by atoms with Gasteiger partial charge in [0.15, 0.2) is 0 Å². The van der Waals surface area contributed by atoms with Gasteiger partial charge in [-0.2, -0.15) is 0 Å². The maximum Gasteiger partial charge on any atom is 0.328 e. The molecule has 1 rings (SSSR count). The molecule has 104 valence electrons. The second-order valence-electron chi connectivity index (χ2n) is 4.15. The Bertz CT molecular complexity index is 432. The lowest BCUT2D eigenvalue weighted by atomic mass is 9.98. The predicted octanol–water partition coefficient (Wildman–Crippen LogP) is -0.939. The van der Waals surface area contributed by atoms with Crippen LogP contribution < -0.4 is 11.1 Å². The minimum Gasteiger partial charge on any atom is -0.478 e. The van der Waals surface area contributed by atoms with Crippen LogP contribution >= 0.6 is 0 Å². The van der Waals surface area contributed by atoms with Crippen LogP contribution in [-0.2, 0) is 14.4 Å². The van der Waals surface area contributed by atoms with E-state index in [-0.39, 0.29) is 6.54 Å². The molecule has 1 unspecified atom stereocenters. The number of carboxylic acids is 1. The maximum absolute atomic E-state index is 11.7. The van der Waals surface area contributed by atoms with Crippen LogP contribution in [0.15, 0.2) is 12.2 Å². The Balaban J connectivity index is 2.51. The van der Waals surface area contributed by atoms with E-state index in [9.17, 15) is 19.2 Å². The molecule has 8 heteroatoms. The van der Waals surface area contributed by atoms with Crippen LogP contribution in [0.3, 0.4) is 0 Å². The highest BCUT2D eigenvalue weighted by atomic mass is 16.4. The van der Waals surface area contributed by atoms with Gasteiger partial charge in [-0.25, -0.2) is 9.59 Å². The van der Waals surface area contributed by atoms with E-state index in [0.717, 1.165) is 6.08 Å². The lowest BCUT2D eigenvalue weighted by molar-refractivity contribution is -0.131. The second kappa shape index (κ2) is 6.53. The van der Waals surface area contributed by atoms with Crippen molar-refractivity contribution in [2.24, 2.45) is 11.7 Å². The van der Waals surface area contributed by atoms with Crippen molar-refractivity contribution in [1.82, 2.24) is 10.2 Å². The molecule has 0 saturated carbocycles. The van der Waals surface area contributed by atoms with Gasteiger partial charge in [0.1, 0.15) is 0 Å². The Morgan fingerprint density at radius 2 is 1.95 bits per heavy atom. The van der Waals surface area contributed by atoms with Crippen molar-refractivity contribution in [3.63, 3.8) is 0 Å². The molecule has 1 fully saturated rings. The van der Waals surface area contributed by atoms with Gasteiger partial charge in [-0.3, -0.25) is 14.9 Å². The molecule has 19 heavy (non-hydrogen) atoms. The summed E-state index contributed by atoms with van der Waals surface area (Å²) in [5.74, 6) is -3.00. The fourth-order valence-electron chi connectivity index (χ4n) is 1.77. The highest BCUT2D eigenvalue weighted by Gasteiger charge is 2.27. The van der Waals surface area contributed by atoms with E-state index in [1.807, 2.05) is 5.32 Å². The second-order valence-corrected chi connectivity index (χ2v) is 4.15. The summed E-state index contributed by atoms with van der Waals surface area (Å²) in [4.78, 5) is 45.4. The number of likely N-dealkylation sites (tertiary alicyclic amines) is 1. The van der Waals surface area contributed by atoms with Gasteiger partial charge in [-0.1, -0.05) is 0 Å². The van der Waals surface area contributed by atoms with Crippen LogP contribution in [0.4, 0.5) is 4.79 Å². The van der Waals surface area contributed by atoms with E-state index >= 15 is 0 Å². The highest BCUT2D eigenvalue weighted by Crippen LogP contribution is 2.15. The van der Waals surface area contributed by atoms with E-state index < -0.39 is 29.7 Å². The molecule has 0 spiro atoms. The molecular weight excluding hydrogens is 254 g/mol. The van der Waals surface area contributed by atoms with Gasteiger partial charge in [0.2, 0.25) is 5.91 Å². The Morgan fingerprint density at radius 3 is 2.53 bits per heavy atom. The zero-order valence-corrected chi connectivity index (χ0v) is 10.2. The van der Waals surface area contributed by atoms with Crippen LogP contribution in [-0.4, -0.2) is 46.9 Å². The Kier molecular flexibility index (Phi) is 5.04. The lowest BCUT2D eigenvalue weighted by Gasteiger charge is -2.30. The average molecular weight is 269 g/mol. The summed E-state index contributed by atoms with van der Waals surface area (Å²) in [5, 5.41) is 10.3. The molecule has 0 aromatic heterocycles. The molecule has 4 N–H and O–H groups in total. The number of carboxylic acid groups (broad SMARTS) is 1. The number of primary amides is 1. The van der Waals surface area contributed by atoms with Crippen molar-refractivity contribution in [3.8, 4) is 0 Å². The number of rotatable bonds is 3. The molecule has 0 aromatic carbocycles. The van der Waals surface area contributed by atoms with Crippen LogP contribution in [0.1, 0.15) is 12.8 Å². The molecule has 1 saturated heterocycles. The Labute approximate surface area is 109 Å². The van der Waals surface area contributed by atoms with Crippen molar-refractivity contribution < 1.29 is 24.3 Å². The fraction of sp³-hybridized carbons (Fsp3) is 0.455. The van der Waals surface area contributed by atoms with Gasteiger partial charge in [-0.05, 0) is 12.8 Å². The topological polar surface area (TPSA) is 130 Å². The fourth-order valence-corrected chi connectivity index (χ4v) is 1.77. The smallest absolute Gasteiger partial charge is 0.328 e. The van der Waals surface area contributed by atoms with Crippen LogP contribution in [0.25, 0.3) is 0 Å². The standard InChI is InChI=1S/C11H15N3O5/c12-10(18)7-2-1-5-14(6-7)11(19)13-8(15)3-4-9(16)17/h3-4,7H,1-2,5-6H2,(H2,12,18)(H,16,17)(H,13,15,19)/b4-3+. The number of carbonyl (C=O) groups excluding carboxylic acids is 3. The number of amides is 4. The molecular formula is C11H15N3O5. The minimum atomic E-state index is -1.28. The quantitative estimate of drug-likeness (QED) is 0.569. The summed E-state index contributed by atoms with van der Waals surface area (Å²) >= 11 is 0. The van der Waals surface area contributed by atoms with E-state index in [0.29, 0.717) is 25.5 Å². The molecule has 0 radical (unpaired) electrons. The first-order valence-electron chi connectivity index (χ1n) is 5.70. The molecule has 0 bridgehead atoms. The summed E-state index contributed by atoms with van der Waals surface area (Å²) in [6.45, 7) is 0.586. The van der Waals surface area contributed by atoms with Crippen molar-refractivity contribution in [1.29, 1.82) is 0 Å². The summed E-state index contributed by atoms with van der Waals surface area (Å²) < 4.78 is 0. The number of carbonyl (C=O) groups is 4. The third-order valence-corrected chi connectivity index (χ3v) is 2.72. The van der Waals surface area contributed by atoms with Crippen molar-refractivity contribution in [2.75, 3.05) is 13.1 Å². The minimum absolute atomic E-state index is 0.164. The largest absolute Gasteiger partial charge is 0.478 e. The number of nitrogens with two attached hydrogens (primary N) is 1. The number of aliphatic carboxylic acids is 1. The Hall–Kier alpha value is -2.38. The molecule has 1 heterocycles. The van der Waals surface area contributed by atoms with Crippen molar-refractivity contribution in [2.45, 2.75) is 12.8 Å².